The number of halogens is 1. The highest BCUT2D eigenvalue weighted by Gasteiger charge is 2.01. The topological polar surface area (TPSA) is 55.2 Å². The monoisotopic (exact) mass is 356 g/mol. The number of rotatable bonds is 6. The largest absolute Gasteiger partial charge is 0.489 e. The summed E-state index contributed by atoms with van der Waals surface area (Å²) in [6.07, 6.45) is 2.44. The SMILES string of the molecule is CCc1n[nH]c(=S)n1/N=C\c1ccc(OCc2cccc(F)c2)cc1. The minimum absolute atomic E-state index is 0.267. The molecule has 0 unspecified atom stereocenters. The Balaban J connectivity index is 1.65. The zero-order chi connectivity index (χ0) is 17.6. The van der Waals surface area contributed by atoms with E-state index in [1.54, 1.807) is 17.0 Å². The lowest BCUT2D eigenvalue weighted by Gasteiger charge is -2.06. The van der Waals surface area contributed by atoms with Crippen molar-refractivity contribution in [3.63, 3.8) is 0 Å². The van der Waals surface area contributed by atoms with Gasteiger partial charge in [-0.15, -0.1) is 0 Å². The van der Waals surface area contributed by atoms with Crippen molar-refractivity contribution in [3.05, 3.63) is 76.1 Å². The molecule has 2 aromatic carbocycles. The normalized spacial score (nSPS) is 11.1. The summed E-state index contributed by atoms with van der Waals surface area (Å²) < 4.78 is 20.9. The molecular formula is C18H17FN4OS. The van der Waals surface area contributed by atoms with Gasteiger partial charge in [-0.1, -0.05) is 19.1 Å². The van der Waals surface area contributed by atoms with Crippen molar-refractivity contribution in [1.82, 2.24) is 14.9 Å². The van der Waals surface area contributed by atoms with E-state index in [2.05, 4.69) is 15.3 Å². The number of aromatic nitrogens is 3. The molecule has 3 aromatic rings. The van der Waals surface area contributed by atoms with Gasteiger partial charge in [-0.05, 0) is 59.7 Å². The lowest BCUT2D eigenvalue weighted by atomic mass is 10.2. The summed E-state index contributed by atoms with van der Waals surface area (Å²) in [6.45, 7) is 2.30. The number of hydrogen-bond acceptors (Lipinski definition) is 4. The second-order valence-corrected chi connectivity index (χ2v) is 5.73. The number of aromatic amines is 1. The van der Waals surface area contributed by atoms with Gasteiger partial charge in [-0.3, -0.25) is 5.10 Å². The number of aryl methyl sites for hydroxylation is 1. The lowest BCUT2D eigenvalue weighted by molar-refractivity contribution is 0.305. The molecule has 25 heavy (non-hydrogen) atoms. The molecule has 0 aliphatic carbocycles. The fourth-order valence-electron chi connectivity index (χ4n) is 2.24. The Labute approximate surface area is 149 Å². The maximum atomic E-state index is 13.1. The average Bonchev–Trinajstić information content (AvgIpc) is 2.99. The molecule has 0 spiro atoms. The van der Waals surface area contributed by atoms with Gasteiger partial charge in [-0.25, -0.2) is 4.39 Å². The number of H-pyrrole nitrogens is 1. The lowest BCUT2D eigenvalue weighted by Crippen LogP contribution is -1.98. The Kier molecular flexibility index (Phi) is 5.35. The maximum Gasteiger partial charge on any atom is 0.216 e. The summed E-state index contributed by atoms with van der Waals surface area (Å²) in [5.41, 5.74) is 1.69. The summed E-state index contributed by atoms with van der Waals surface area (Å²) in [5.74, 6) is 1.21. The summed E-state index contributed by atoms with van der Waals surface area (Å²) in [5, 5.41) is 11.2. The Morgan fingerprint density at radius 1 is 1.28 bits per heavy atom. The van der Waals surface area contributed by atoms with Crippen molar-refractivity contribution in [2.24, 2.45) is 5.10 Å². The standard InChI is InChI=1S/C18H17FN4OS/c1-2-17-21-22-18(25)23(17)20-11-13-6-8-16(9-7-13)24-12-14-4-3-5-15(19)10-14/h3-11H,2,12H2,1H3,(H,22,25)/b20-11-. The average molecular weight is 356 g/mol. The van der Waals surface area contributed by atoms with E-state index >= 15 is 0 Å². The van der Waals surface area contributed by atoms with E-state index in [9.17, 15) is 4.39 Å². The summed E-state index contributed by atoms with van der Waals surface area (Å²) in [7, 11) is 0. The van der Waals surface area contributed by atoms with E-state index in [0.717, 1.165) is 23.4 Å². The molecule has 0 saturated carbocycles. The van der Waals surface area contributed by atoms with Crippen LogP contribution in [0.2, 0.25) is 0 Å². The smallest absolute Gasteiger partial charge is 0.216 e. The van der Waals surface area contributed by atoms with E-state index in [1.807, 2.05) is 37.3 Å². The molecule has 0 radical (unpaired) electrons. The van der Waals surface area contributed by atoms with Crippen molar-refractivity contribution >= 4 is 18.4 Å². The molecule has 3 rings (SSSR count). The molecule has 1 aromatic heterocycles. The highest BCUT2D eigenvalue weighted by atomic mass is 32.1. The van der Waals surface area contributed by atoms with Crippen molar-refractivity contribution in [2.45, 2.75) is 20.0 Å². The second kappa shape index (κ2) is 7.85. The van der Waals surface area contributed by atoms with Gasteiger partial charge in [0.15, 0.2) is 5.82 Å². The van der Waals surface area contributed by atoms with Gasteiger partial charge in [0.1, 0.15) is 18.2 Å². The van der Waals surface area contributed by atoms with Crippen LogP contribution in [0.3, 0.4) is 0 Å². The molecular weight excluding hydrogens is 339 g/mol. The van der Waals surface area contributed by atoms with Gasteiger partial charge in [0.2, 0.25) is 4.77 Å². The Bertz CT molecular complexity index is 931. The van der Waals surface area contributed by atoms with Crippen LogP contribution in [0.4, 0.5) is 4.39 Å². The van der Waals surface area contributed by atoms with Gasteiger partial charge in [-0.2, -0.15) is 14.9 Å². The third-order valence-electron chi connectivity index (χ3n) is 3.53. The first-order valence-electron chi connectivity index (χ1n) is 7.83. The van der Waals surface area contributed by atoms with Crippen LogP contribution in [-0.4, -0.2) is 21.1 Å². The summed E-state index contributed by atoms with van der Waals surface area (Å²) in [6, 6.07) is 13.8. The van der Waals surface area contributed by atoms with E-state index < -0.39 is 0 Å². The third kappa shape index (κ3) is 4.39. The molecule has 0 fully saturated rings. The quantitative estimate of drug-likeness (QED) is 0.534. The third-order valence-corrected chi connectivity index (χ3v) is 3.79. The molecule has 0 aliphatic heterocycles. The fraction of sp³-hybridized carbons (Fsp3) is 0.167. The maximum absolute atomic E-state index is 13.1. The van der Waals surface area contributed by atoms with Crippen molar-refractivity contribution in [2.75, 3.05) is 0 Å². The number of hydrogen-bond donors (Lipinski definition) is 1. The first-order chi connectivity index (χ1) is 12.2. The van der Waals surface area contributed by atoms with Crippen LogP contribution < -0.4 is 4.74 Å². The van der Waals surface area contributed by atoms with Crippen molar-refractivity contribution < 1.29 is 9.13 Å². The molecule has 7 heteroatoms. The van der Waals surface area contributed by atoms with Gasteiger partial charge >= 0.3 is 0 Å². The van der Waals surface area contributed by atoms with E-state index in [4.69, 9.17) is 17.0 Å². The van der Waals surface area contributed by atoms with E-state index in [-0.39, 0.29) is 5.82 Å². The van der Waals surface area contributed by atoms with E-state index in [1.165, 1.54) is 12.1 Å². The molecule has 0 amide bonds. The molecule has 5 nitrogen and oxygen atoms in total. The van der Waals surface area contributed by atoms with Gasteiger partial charge < -0.3 is 4.74 Å². The Morgan fingerprint density at radius 3 is 2.80 bits per heavy atom. The highest BCUT2D eigenvalue weighted by Crippen LogP contribution is 2.14. The van der Waals surface area contributed by atoms with Crippen LogP contribution in [0.1, 0.15) is 23.9 Å². The van der Waals surface area contributed by atoms with Gasteiger partial charge in [0, 0.05) is 6.42 Å². The van der Waals surface area contributed by atoms with Crippen LogP contribution in [0, 0.1) is 10.6 Å². The zero-order valence-corrected chi connectivity index (χ0v) is 14.5. The summed E-state index contributed by atoms with van der Waals surface area (Å²) >= 11 is 5.15. The minimum atomic E-state index is -0.267. The van der Waals surface area contributed by atoms with Crippen LogP contribution in [-0.2, 0) is 13.0 Å². The van der Waals surface area contributed by atoms with Crippen molar-refractivity contribution in [3.8, 4) is 5.75 Å². The minimum Gasteiger partial charge on any atom is -0.489 e. The van der Waals surface area contributed by atoms with Gasteiger partial charge in [0.25, 0.3) is 0 Å². The summed E-state index contributed by atoms with van der Waals surface area (Å²) in [4.78, 5) is 0. The van der Waals surface area contributed by atoms with Crippen LogP contribution >= 0.6 is 12.2 Å². The molecule has 0 bridgehead atoms. The van der Waals surface area contributed by atoms with Crippen LogP contribution in [0.25, 0.3) is 0 Å². The zero-order valence-electron chi connectivity index (χ0n) is 13.6. The van der Waals surface area contributed by atoms with Crippen LogP contribution in [0.5, 0.6) is 5.75 Å². The predicted octanol–water partition coefficient (Wildman–Crippen LogP) is 4.10. The number of nitrogens with one attached hydrogen (secondary N) is 1. The molecule has 1 N–H and O–H groups in total. The number of nitrogens with zero attached hydrogens (tertiary/aromatic N) is 3. The molecule has 0 saturated heterocycles. The van der Waals surface area contributed by atoms with Crippen molar-refractivity contribution in [1.29, 1.82) is 0 Å². The van der Waals surface area contributed by atoms with Crippen LogP contribution in [0.15, 0.2) is 53.6 Å². The fourth-order valence-corrected chi connectivity index (χ4v) is 2.44. The number of ether oxygens (including phenoxy) is 1. The first-order valence-corrected chi connectivity index (χ1v) is 8.24. The predicted molar refractivity (Wildman–Crippen MR) is 97.0 cm³/mol. The molecule has 1 heterocycles. The Hall–Kier alpha value is -2.80. The molecule has 0 atom stereocenters. The molecule has 0 aliphatic rings. The Morgan fingerprint density at radius 2 is 2.08 bits per heavy atom. The first kappa shape index (κ1) is 17.0. The second-order valence-electron chi connectivity index (χ2n) is 5.34. The molecule has 128 valence electrons. The van der Waals surface area contributed by atoms with Gasteiger partial charge in [0.05, 0.1) is 6.21 Å². The van der Waals surface area contributed by atoms with E-state index in [0.29, 0.717) is 17.1 Å². The highest BCUT2D eigenvalue weighted by molar-refractivity contribution is 7.71. The number of benzene rings is 2.